The Balaban J connectivity index is 3.10. The number of carbonyl (C=O) groups excluding carboxylic acids is 1. The van der Waals surface area contributed by atoms with Gasteiger partial charge < -0.3 is 0 Å². The van der Waals surface area contributed by atoms with Crippen LogP contribution in [0.5, 0.6) is 0 Å². The summed E-state index contributed by atoms with van der Waals surface area (Å²) in [6, 6.07) is 0. The molecule has 0 rings (SSSR count). The van der Waals surface area contributed by atoms with Crippen molar-refractivity contribution in [2.24, 2.45) is 0 Å². The lowest BCUT2D eigenvalue weighted by molar-refractivity contribution is -0.109. The molecule has 1 nitrogen and oxygen atoms in total. The molecule has 0 bridgehead atoms. The van der Waals surface area contributed by atoms with Gasteiger partial charge in [-0.25, -0.2) is 0 Å². The fraction of sp³-hybridized carbons (Fsp3) is 0.571. The average Bonchev–Trinajstić information content (AvgIpc) is 1.63. The molecule has 0 aliphatic heterocycles. The van der Waals surface area contributed by atoms with Crippen LogP contribution in [0.3, 0.4) is 0 Å². The first-order chi connectivity index (χ1) is 4.13. The van der Waals surface area contributed by atoms with Crippen molar-refractivity contribution < 1.29 is 4.79 Å². The third-order valence-corrected chi connectivity index (χ3v) is 1.65. The molecule has 0 fully saturated rings. The minimum atomic E-state index is 0.191. The molecule has 0 aliphatic rings. The number of allylic oxidation sites excluding steroid dienone is 1. The third kappa shape index (κ3) is 7.76. The Bertz CT molecular complexity index is 104. The van der Waals surface area contributed by atoms with E-state index in [1.54, 1.807) is 6.92 Å². The monoisotopic (exact) mass is 144 g/mol. The second-order valence-corrected chi connectivity index (χ2v) is 3.32. The molecule has 0 heterocycles. The van der Waals surface area contributed by atoms with E-state index in [-0.39, 0.29) is 5.12 Å². The molecule has 0 aromatic carbocycles. The van der Waals surface area contributed by atoms with Gasteiger partial charge in [-0.3, -0.25) is 4.79 Å². The maximum atomic E-state index is 10.4. The molecule has 0 unspecified atom stereocenters. The van der Waals surface area contributed by atoms with Crippen LogP contribution >= 0.6 is 11.8 Å². The molecule has 52 valence electrons. The van der Waals surface area contributed by atoms with Gasteiger partial charge in [0.2, 0.25) is 0 Å². The SMILES string of the molecule is C=C(C)CCSC(C)=O. The van der Waals surface area contributed by atoms with E-state index in [0.29, 0.717) is 0 Å². The zero-order chi connectivity index (χ0) is 7.28. The number of thioether (sulfide) groups is 1. The largest absolute Gasteiger partial charge is 0.288 e. The molecular weight excluding hydrogens is 132 g/mol. The number of rotatable bonds is 3. The third-order valence-electron chi connectivity index (χ3n) is 0.834. The zero-order valence-corrected chi connectivity index (χ0v) is 6.75. The number of hydrogen-bond donors (Lipinski definition) is 0. The molecule has 2 heteroatoms. The number of carbonyl (C=O) groups is 1. The van der Waals surface area contributed by atoms with Crippen LogP contribution in [0.1, 0.15) is 20.3 Å². The first kappa shape index (κ1) is 8.76. The average molecular weight is 144 g/mol. The van der Waals surface area contributed by atoms with Gasteiger partial charge in [0.1, 0.15) is 0 Å². The van der Waals surface area contributed by atoms with E-state index in [4.69, 9.17) is 0 Å². The van der Waals surface area contributed by atoms with Crippen LogP contribution in [0.25, 0.3) is 0 Å². The summed E-state index contributed by atoms with van der Waals surface area (Å²) in [7, 11) is 0. The van der Waals surface area contributed by atoms with Crippen molar-refractivity contribution in [3.63, 3.8) is 0 Å². The Kier molecular flexibility index (Phi) is 4.50. The predicted molar refractivity (Wildman–Crippen MR) is 42.6 cm³/mol. The summed E-state index contributed by atoms with van der Waals surface area (Å²) in [6.07, 6.45) is 0.949. The predicted octanol–water partition coefficient (Wildman–Crippen LogP) is 2.23. The van der Waals surface area contributed by atoms with Gasteiger partial charge in [-0.2, -0.15) is 0 Å². The van der Waals surface area contributed by atoms with E-state index in [1.165, 1.54) is 11.8 Å². The zero-order valence-electron chi connectivity index (χ0n) is 5.94. The van der Waals surface area contributed by atoms with Crippen molar-refractivity contribution in [3.05, 3.63) is 12.2 Å². The number of hydrogen-bond acceptors (Lipinski definition) is 2. The molecule has 0 saturated heterocycles. The second-order valence-electron chi connectivity index (χ2n) is 2.05. The van der Waals surface area contributed by atoms with Crippen LogP contribution < -0.4 is 0 Å². The van der Waals surface area contributed by atoms with E-state index < -0.39 is 0 Å². The maximum Gasteiger partial charge on any atom is 0.185 e. The molecule has 0 aromatic heterocycles. The van der Waals surface area contributed by atoms with Gasteiger partial charge >= 0.3 is 0 Å². The van der Waals surface area contributed by atoms with Gasteiger partial charge in [-0.05, 0) is 13.3 Å². The highest BCUT2D eigenvalue weighted by Gasteiger charge is 1.92. The molecule has 0 saturated carbocycles. The summed E-state index contributed by atoms with van der Waals surface area (Å²) in [6.45, 7) is 7.29. The van der Waals surface area contributed by atoms with E-state index in [9.17, 15) is 4.79 Å². The van der Waals surface area contributed by atoms with Crippen molar-refractivity contribution in [2.75, 3.05) is 5.75 Å². The summed E-state index contributed by atoms with van der Waals surface area (Å²) in [4.78, 5) is 10.4. The molecule has 0 radical (unpaired) electrons. The molecule has 0 amide bonds. The van der Waals surface area contributed by atoms with Gasteiger partial charge in [0.25, 0.3) is 0 Å². The second kappa shape index (κ2) is 4.62. The Labute approximate surface area is 60.5 Å². The molecule has 0 spiro atoms. The van der Waals surface area contributed by atoms with E-state index >= 15 is 0 Å². The highest BCUT2D eigenvalue weighted by atomic mass is 32.2. The van der Waals surface area contributed by atoms with E-state index in [1.807, 2.05) is 6.92 Å². The lowest BCUT2D eigenvalue weighted by atomic mass is 10.3. The Morgan fingerprint density at radius 3 is 2.44 bits per heavy atom. The van der Waals surface area contributed by atoms with Crippen LogP contribution in [-0.2, 0) is 4.79 Å². The highest BCUT2D eigenvalue weighted by molar-refractivity contribution is 8.13. The Morgan fingerprint density at radius 1 is 1.56 bits per heavy atom. The van der Waals surface area contributed by atoms with Crippen molar-refractivity contribution in [2.45, 2.75) is 20.3 Å². The Hall–Kier alpha value is -0.240. The minimum absolute atomic E-state index is 0.191. The minimum Gasteiger partial charge on any atom is -0.288 e. The molecule has 0 aliphatic carbocycles. The topological polar surface area (TPSA) is 17.1 Å². The smallest absolute Gasteiger partial charge is 0.185 e. The normalized spacial score (nSPS) is 9.11. The fourth-order valence-corrected chi connectivity index (χ4v) is 1.11. The quantitative estimate of drug-likeness (QED) is 0.565. The summed E-state index contributed by atoms with van der Waals surface area (Å²) in [5.41, 5.74) is 1.14. The van der Waals surface area contributed by atoms with Crippen molar-refractivity contribution >= 4 is 16.9 Å². The van der Waals surface area contributed by atoms with Crippen molar-refractivity contribution in [1.29, 1.82) is 0 Å². The maximum absolute atomic E-state index is 10.4. The van der Waals surface area contributed by atoms with Crippen LogP contribution in [0.2, 0.25) is 0 Å². The van der Waals surface area contributed by atoms with Crippen LogP contribution in [0.4, 0.5) is 0 Å². The highest BCUT2D eigenvalue weighted by Crippen LogP contribution is 2.06. The van der Waals surface area contributed by atoms with E-state index in [0.717, 1.165) is 17.7 Å². The molecule has 0 aromatic rings. The standard InChI is InChI=1S/C7H12OS/c1-6(2)4-5-9-7(3)8/h1,4-5H2,2-3H3. The van der Waals surface area contributed by atoms with Gasteiger partial charge in [0.05, 0.1) is 0 Å². The first-order valence-electron chi connectivity index (χ1n) is 2.90. The lowest BCUT2D eigenvalue weighted by Gasteiger charge is -1.94. The van der Waals surface area contributed by atoms with Gasteiger partial charge in [0, 0.05) is 12.7 Å². The van der Waals surface area contributed by atoms with Crippen LogP contribution in [0.15, 0.2) is 12.2 Å². The van der Waals surface area contributed by atoms with Crippen LogP contribution in [0, 0.1) is 0 Å². The molecule has 9 heavy (non-hydrogen) atoms. The molecular formula is C7H12OS. The lowest BCUT2D eigenvalue weighted by Crippen LogP contribution is -1.85. The van der Waals surface area contributed by atoms with E-state index in [2.05, 4.69) is 6.58 Å². The first-order valence-corrected chi connectivity index (χ1v) is 3.89. The summed E-state index contributed by atoms with van der Waals surface area (Å²) >= 11 is 1.36. The summed E-state index contributed by atoms with van der Waals surface area (Å²) < 4.78 is 0. The van der Waals surface area contributed by atoms with Crippen molar-refractivity contribution in [1.82, 2.24) is 0 Å². The van der Waals surface area contributed by atoms with Gasteiger partial charge in [-0.1, -0.05) is 17.3 Å². The van der Waals surface area contributed by atoms with Crippen LogP contribution in [-0.4, -0.2) is 10.9 Å². The summed E-state index contributed by atoms with van der Waals surface area (Å²) in [5.74, 6) is 0.880. The molecule has 0 atom stereocenters. The van der Waals surface area contributed by atoms with Gasteiger partial charge in [0.15, 0.2) is 5.12 Å². The summed E-state index contributed by atoms with van der Waals surface area (Å²) in [5, 5.41) is 0.191. The molecule has 0 N–H and O–H groups in total. The van der Waals surface area contributed by atoms with Gasteiger partial charge in [-0.15, -0.1) is 6.58 Å². The Morgan fingerprint density at radius 2 is 2.11 bits per heavy atom. The fourth-order valence-electron chi connectivity index (χ4n) is 0.369. The van der Waals surface area contributed by atoms with Crippen molar-refractivity contribution in [3.8, 4) is 0 Å².